The molecule has 1 rings (SSSR count). The fourth-order valence-electron chi connectivity index (χ4n) is 2.03. The highest BCUT2D eigenvalue weighted by Gasteiger charge is 2.36. The van der Waals surface area contributed by atoms with E-state index in [1.807, 2.05) is 0 Å². The lowest BCUT2D eigenvalue weighted by Gasteiger charge is -2.34. The van der Waals surface area contributed by atoms with Gasteiger partial charge in [-0.1, -0.05) is 0 Å². The summed E-state index contributed by atoms with van der Waals surface area (Å²) in [4.78, 5) is 29.4. The fourth-order valence-corrected chi connectivity index (χ4v) is 2.03. The highest BCUT2D eigenvalue weighted by atomic mass is 16.6. The van der Waals surface area contributed by atoms with Gasteiger partial charge in [0.25, 0.3) is 0 Å². The second kappa shape index (κ2) is 7.30. The Balaban J connectivity index is 3.21. The van der Waals surface area contributed by atoms with E-state index in [0.29, 0.717) is 11.4 Å². The Morgan fingerprint density at radius 1 is 1.26 bits per heavy atom. The summed E-state index contributed by atoms with van der Waals surface area (Å²) in [6, 6.07) is 1.57. The standard InChI is InChI=1S/C16H24N2O5/c1-10(2)18(15(21)23-16(3,4)5)13(14(19)20)11-7-8-12(22-6)17-9-11/h7-10,13H,1-6H3,(H,19,20). The van der Waals surface area contributed by atoms with E-state index in [1.165, 1.54) is 18.2 Å². The van der Waals surface area contributed by atoms with Crippen LogP contribution < -0.4 is 4.74 Å². The van der Waals surface area contributed by atoms with Crippen LogP contribution in [-0.2, 0) is 9.53 Å². The number of methoxy groups -OCH3 is 1. The molecule has 0 bridgehead atoms. The largest absolute Gasteiger partial charge is 0.481 e. The smallest absolute Gasteiger partial charge is 0.411 e. The number of ether oxygens (including phenoxy) is 2. The highest BCUT2D eigenvalue weighted by Crippen LogP contribution is 2.26. The van der Waals surface area contributed by atoms with Gasteiger partial charge in [-0.3, -0.25) is 4.90 Å². The van der Waals surface area contributed by atoms with Gasteiger partial charge in [-0.2, -0.15) is 0 Å². The van der Waals surface area contributed by atoms with E-state index < -0.39 is 23.7 Å². The SMILES string of the molecule is COc1ccc(C(C(=O)O)N(C(=O)OC(C)(C)C)C(C)C)cn1. The normalized spacial score (nSPS) is 12.7. The molecule has 0 aromatic carbocycles. The minimum absolute atomic E-state index is 0.367. The number of nitrogens with zero attached hydrogens (tertiary/aromatic N) is 2. The fraction of sp³-hybridized carbons (Fsp3) is 0.562. The Bertz CT molecular complexity index is 549. The van der Waals surface area contributed by atoms with Gasteiger partial charge in [0.2, 0.25) is 5.88 Å². The summed E-state index contributed by atoms with van der Waals surface area (Å²) in [7, 11) is 1.47. The van der Waals surface area contributed by atoms with Crippen LogP contribution in [0, 0.1) is 0 Å². The number of rotatable bonds is 5. The van der Waals surface area contributed by atoms with Gasteiger partial charge in [-0.05, 0) is 40.7 Å². The summed E-state index contributed by atoms with van der Waals surface area (Å²) in [5, 5.41) is 9.61. The molecule has 0 spiro atoms. The van der Waals surface area contributed by atoms with Crippen LogP contribution in [0.4, 0.5) is 4.79 Å². The van der Waals surface area contributed by atoms with Crippen molar-refractivity contribution in [3.8, 4) is 5.88 Å². The molecule has 0 fully saturated rings. The molecule has 7 heteroatoms. The average Bonchev–Trinajstić information content (AvgIpc) is 2.41. The number of carbonyl (C=O) groups excluding carboxylic acids is 1. The Hall–Kier alpha value is -2.31. The van der Waals surface area contributed by atoms with E-state index in [0.717, 1.165) is 0 Å². The molecule has 0 radical (unpaired) electrons. The zero-order valence-electron chi connectivity index (χ0n) is 14.4. The molecule has 23 heavy (non-hydrogen) atoms. The molecule has 1 heterocycles. The number of pyridine rings is 1. The number of carboxylic acids is 1. The zero-order chi connectivity index (χ0) is 17.8. The van der Waals surface area contributed by atoms with Crippen molar-refractivity contribution in [2.24, 2.45) is 0 Å². The Labute approximate surface area is 136 Å². The maximum atomic E-state index is 12.4. The number of hydrogen-bond donors (Lipinski definition) is 1. The number of carbonyl (C=O) groups is 2. The van der Waals surface area contributed by atoms with E-state index in [-0.39, 0.29) is 6.04 Å². The molecule has 0 saturated heterocycles. The predicted octanol–water partition coefficient (Wildman–Crippen LogP) is 2.86. The maximum Gasteiger partial charge on any atom is 0.411 e. The molecule has 1 aromatic rings. The van der Waals surface area contributed by atoms with Gasteiger partial charge >= 0.3 is 12.1 Å². The summed E-state index contributed by atoms with van der Waals surface area (Å²) in [5.41, 5.74) is -0.344. The van der Waals surface area contributed by atoms with E-state index in [2.05, 4.69) is 4.98 Å². The summed E-state index contributed by atoms with van der Waals surface area (Å²) < 4.78 is 10.3. The molecule has 1 aromatic heterocycles. The summed E-state index contributed by atoms with van der Waals surface area (Å²) in [6.45, 7) is 8.66. The molecule has 0 aliphatic heterocycles. The van der Waals surface area contributed by atoms with Gasteiger partial charge in [-0.25, -0.2) is 14.6 Å². The molecule has 0 aliphatic rings. The molecule has 1 N–H and O–H groups in total. The molecule has 1 amide bonds. The van der Waals surface area contributed by atoms with Gasteiger partial charge in [0.15, 0.2) is 6.04 Å². The second-order valence-corrected chi connectivity index (χ2v) is 6.36. The minimum atomic E-state index is -1.19. The molecule has 7 nitrogen and oxygen atoms in total. The quantitative estimate of drug-likeness (QED) is 0.896. The number of hydrogen-bond acceptors (Lipinski definition) is 5. The summed E-state index contributed by atoms with van der Waals surface area (Å²) in [6.07, 6.45) is 0.702. The van der Waals surface area contributed by atoms with Crippen LogP contribution >= 0.6 is 0 Å². The molecule has 0 saturated carbocycles. The van der Waals surface area contributed by atoms with E-state index in [4.69, 9.17) is 9.47 Å². The topological polar surface area (TPSA) is 89.0 Å². The van der Waals surface area contributed by atoms with Crippen LogP contribution in [0.2, 0.25) is 0 Å². The van der Waals surface area contributed by atoms with Gasteiger partial charge in [0.1, 0.15) is 5.60 Å². The van der Waals surface area contributed by atoms with Crippen molar-refractivity contribution in [2.45, 2.75) is 52.3 Å². The lowest BCUT2D eigenvalue weighted by Crippen LogP contribution is -2.45. The van der Waals surface area contributed by atoms with Gasteiger partial charge < -0.3 is 14.6 Å². The van der Waals surface area contributed by atoms with Crippen molar-refractivity contribution < 1.29 is 24.2 Å². The first-order valence-electron chi connectivity index (χ1n) is 7.31. The first-order chi connectivity index (χ1) is 10.6. The maximum absolute atomic E-state index is 12.4. The second-order valence-electron chi connectivity index (χ2n) is 6.36. The van der Waals surface area contributed by atoms with Gasteiger partial charge in [0, 0.05) is 23.9 Å². The molecular weight excluding hydrogens is 300 g/mol. The van der Waals surface area contributed by atoms with Crippen molar-refractivity contribution in [1.82, 2.24) is 9.88 Å². The average molecular weight is 324 g/mol. The monoisotopic (exact) mass is 324 g/mol. The minimum Gasteiger partial charge on any atom is -0.481 e. The lowest BCUT2D eigenvalue weighted by molar-refractivity contribution is -0.144. The number of amides is 1. The van der Waals surface area contributed by atoms with Crippen LogP contribution in [0.5, 0.6) is 5.88 Å². The van der Waals surface area contributed by atoms with Crippen LogP contribution in [0.25, 0.3) is 0 Å². The summed E-state index contributed by atoms with van der Waals surface area (Å²) in [5.74, 6) is -0.789. The first kappa shape index (κ1) is 18.7. The van der Waals surface area contributed by atoms with Crippen LogP contribution in [-0.4, -0.2) is 45.8 Å². The van der Waals surface area contributed by atoms with Crippen LogP contribution in [0.1, 0.15) is 46.2 Å². The third-order valence-electron chi connectivity index (χ3n) is 2.96. The number of aromatic nitrogens is 1. The van der Waals surface area contributed by atoms with E-state index in [9.17, 15) is 14.7 Å². The van der Waals surface area contributed by atoms with Crippen molar-refractivity contribution >= 4 is 12.1 Å². The summed E-state index contributed by atoms with van der Waals surface area (Å²) >= 11 is 0. The third kappa shape index (κ3) is 5.12. The van der Waals surface area contributed by atoms with Crippen molar-refractivity contribution in [3.05, 3.63) is 23.9 Å². The number of carboxylic acid groups (broad SMARTS) is 1. The van der Waals surface area contributed by atoms with E-state index in [1.54, 1.807) is 46.8 Å². The molecule has 1 atom stereocenters. The van der Waals surface area contributed by atoms with Crippen molar-refractivity contribution in [1.29, 1.82) is 0 Å². The van der Waals surface area contributed by atoms with Gasteiger partial charge in [-0.15, -0.1) is 0 Å². The lowest BCUT2D eigenvalue weighted by atomic mass is 10.1. The Morgan fingerprint density at radius 3 is 2.22 bits per heavy atom. The molecule has 0 aliphatic carbocycles. The van der Waals surface area contributed by atoms with Crippen molar-refractivity contribution in [3.63, 3.8) is 0 Å². The molecular formula is C16H24N2O5. The zero-order valence-corrected chi connectivity index (χ0v) is 14.4. The third-order valence-corrected chi connectivity index (χ3v) is 2.96. The van der Waals surface area contributed by atoms with E-state index >= 15 is 0 Å². The Kier molecular flexibility index (Phi) is 5.95. The van der Waals surface area contributed by atoms with Crippen LogP contribution in [0.15, 0.2) is 18.3 Å². The van der Waals surface area contributed by atoms with Crippen molar-refractivity contribution in [2.75, 3.05) is 7.11 Å². The number of aliphatic carboxylic acids is 1. The van der Waals surface area contributed by atoms with Crippen LogP contribution in [0.3, 0.4) is 0 Å². The van der Waals surface area contributed by atoms with Gasteiger partial charge in [0.05, 0.1) is 7.11 Å². The Morgan fingerprint density at radius 2 is 1.87 bits per heavy atom. The molecule has 1 unspecified atom stereocenters. The molecule has 128 valence electrons. The predicted molar refractivity (Wildman–Crippen MR) is 84.4 cm³/mol. The first-order valence-corrected chi connectivity index (χ1v) is 7.31. The highest BCUT2D eigenvalue weighted by molar-refractivity contribution is 5.81.